The third kappa shape index (κ3) is 3.95. The van der Waals surface area contributed by atoms with Gasteiger partial charge in [0, 0.05) is 18.3 Å². The molecule has 0 aliphatic carbocycles. The highest BCUT2D eigenvalue weighted by Crippen LogP contribution is 2.17. The van der Waals surface area contributed by atoms with E-state index < -0.39 is 11.6 Å². The second-order valence-corrected chi connectivity index (χ2v) is 4.79. The summed E-state index contributed by atoms with van der Waals surface area (Å²) in [5.74, 6) is -0.877. The molecule has 0 radical (unpaired) electrons. The van der Waals surface area contributed by atoms with Crippen molar-refractivity contribution < 1.29 is 13.5 Å². The third-order valence-corrected chi connectivity index (χ3v) is 2.71. The minimum absolute atomic E-state index is 0.140. The summed E-state index contributed by atoms with van der Waals surface area (Å²) in [4.78, 5) is 0. The predicted molar refractivity (Wildman–Crippen MR) is 75.9 cm³/mol. The van der Waals surface area contributed by atoms with Gasteiger partial charge in [-0.25, -0.2) is 8.78 Å². The van der Waals surface area contributed by atoms with Crippen molar-refractivity contribution in [1.82, 2.24) is 0 Å². The molecule has 0 saturated heterocycles. The molecule has 2 aromatic rings. The van der Waals surface area contributed by atoms with Crippen LogP contribution in [-0.2, 0) is 6.54 Å². The van der Waals surface area contributed by atoms with E-state index in [1.807, 2.05) is 38.1 Å². The van der Waals surface area contributed by atoms with Crippen LogP contribution >= 0.6 is 0 Å². The molecule has 2 nitrogen and oxygen atoms in total. The topological polar surface area (TPSA) is 21.3 Å². The van der Waals surface area contributed by atoms with E-state index in [0.29, 0.717) is 12.2 Å². The van der Waals surface area contributed by atoms with Gasteiger partial charge in [-0.1, -0.05) is 12.1 Å². The summed E-state index contributed by atoms with van der Waals surface area (Å²) in [5.41, 5.74) is 1.58. The molecule has 0 aromatic heterocycles. The number of halogens is 2. The van der Waals surface area contributed by atoms with Crippen molar-refractivity contribution in [3.05, 3.63) is 59.7 Å². The van der Waals surface area contributed by atoms with Gasteiger partial charge >= 0.3 is 0 Å². The summed E-state index contributed by atoms with van der Waals surface area (Å²) in [6.45, 7) is 4.48. The molecule has 0 atom stereocenters. The zero-order valence-electron chi connectivity index (χ0n) is 11.5. The maximum Gasteiger partial charge on any atom is 0.160 e. The van der Waals surface area contributed by atoms with Crippen LogP contribution in [0.2, 0.25) is 0 Å². The Morgan fingerprint density at radius 2 is 1.70 bits per heavy atom. The van der Waals surface area contributed by atoms with Crippen LogP contribution in [0.1, 0.15) is 19.4 Å². The Labute approximate surface area is 117 Å². The second-order valence-electron chi connectivity index (χ2n) is 4.79. The van der Waals surface area contributed by atoms with Crippen LogP contribution in [-0.4, -0.2) is 6.10 Å². The maximum absolute atomic E-state index is 13.0. The number of ether oxygens (including phenoxy) is 1. The van der Waals surface area contributed by atoms with Crippen LogP contribution in [0.3, 0.4) is 0 Å². The molecule has 4 heteroatoms. The predicted octanol–water partition coefficient (Wildman–Crippen LogP) is 4.36. The molecule has 0 heterocycles. The van der Waals surface area contributed by atoms with E-state index in [9.17, 15) is 8.78 Å². The molecule has 0 fully saturated rings. The normalized spacial score (nSPS) is 10.7. The average molecular weight is 277 g/mol. The third-order valence-electron chi connectivity index (χ3n) is 2.71. The molecule has 0 saturated carbocycles. The number of hydrogen-bond acceptors (Lipinski definition) is 2. The minimum Gasteiger partial charge on any atom is -0.491 e. The number of rotatable bonds is 5. The van der Waals surface area contributed by atoms with E-state index in [0.717, 1.165) is 23.4 Å². The average Bonchev–Trinajstić information content (AvgIpc) is 2.41. The summed E-state index contributed by atoms with van der Waals surface area (Å²) >= 11 is 0. The Bertz CT molecular complexity index is 567. The van der Waals surface area contributed by atoms with Gasteiger partial charge < -0.3 is 10.1 Å². The quantitative estimate of drug-likeness (QED) is 0.876. The molecule has 0 spiro atoms. The monoisotopic (exact) mass is 277 g/mol. The van der Waals surface area contributed by atoms with Crippen molar-refractivity contribution in [2.24, 2.45) is 0 Å². The molecular formula is C16H17F2NO. The van der Waals surface area contributed by atoms with Gasteiger partial charge in [-0.2, -0.15) is 0 Å². The van der Waals surface area contributed by atoms with Crippen molar-refractivity contribution in [1.29, 1.82) is 0 Å². The van der Waals surface area contributed by atoms with Crippen molar-refractivity contribution in [2.75, 3.05) is 5.32 Å². The van der Waals surface area contributed by atoms with Gasteiger partial charge in [0.25, 0.3) is 0 Å². The van der Waals surface area contributed by atoms with E-state index in [2.05, 4.69) is 5.32 Å². The van der Waals surface area contributed by atoms with Gasteiger partial charge in [0.15, 0.2) is 11.6 Å². The number of nitrogens with one attached hydrogen (secondary N) is 1. The van der Waals surface area contributed by atoms with Gasteiger partial charge in [-0.15, -0.1) is 0 Å². The standard InChI is InChI=1S/C16H17F2NO/c1-11(2)20-14-6-3-12(4-7-14)10-19-13-5-8-15(17)16(18)9-13/h3-9,11,19H,10H2,1-2H3. The van der Waals surface area contributed by atoms with E-state index in [-0.39, 0.29) is 6.10 Å². The Kier molecular flexibility index (Phi) is 4.56. The van der Waals surface area contributed by atoms with Crippen LogP contribution in [0.4, 0.5) is 14.5 Å². The summed E-state index contributed by atoms with van der Waals surface area (Å²) in [7, 11) is 0. The lowest BCUT2D eigenvalue weighted by Crippen LogP contribution is -2.05. The lowest BCUT2D eigenvalue weighted by molar-refractivity contribution is 0.242. The van der Waals surface area contributed by atoms with Crippen molar-refractivity contribution in [2.45, 2.75) is 26.5 Å². The smallest absolute Gasteiger partial charge is 0.160 e. The first-order valence-corrected chi connectivity index (χ1v) is 6.49. The van der Waals surface area contributed by atoms with Crippen LogP contribution in [0.5, 0.6) is 5.75 Å². The molecule has 20 heavy (non-hydrogen) atoms. The zero-order valence-corrected chi connectivity index (χ0v) is 11.5. The molecule has 0 aliphatic heterocycles. The van der Waals surface area contributed by atoms with Gasteiger partial charge in [-0.05, 0) is 43.7 Å². The van der Waals surface area contributed by atoms with E-state index >= 15 is 0 Å². The van der Waals surface area contributed by atoms with Gasteiger partial charge in [0.1, 0.15) is 5.75 Å². The Morgan fingerprint density at radius 1 is 1.00 bits per heavy atom. The summed E-state index contributed by atoms with van der Waals surface area (Å²) in [6, 6.07) is 11.4. The first kappa shape index (κ1) is 14.3. The van der Waals surface area contributed by atoms with Gasteiger partial charge in [0.2, 0.25) is 0 Å². The Balaban J connectivity index is 1.95. The molecule has 0 aliphatic rings. The van der Waals surface area contributed by atoms with Crippen molar-refractivity contribution in [3.63, 3.8) is 0 Å². The summed E-state index contributed by atoms with van der Waals surface area (Å²) < 4.78 is 31.4. The molecule has 2 aromatic carbocycles. The van der Waals surface area contributed by atoms with Crippen molar-refractivity contribution in [3.8, 4) is 5.75 Å². The van der Waals surface area contributed by atoms with Crippen LogP contribution in [0.15, 0.2) is 42.5 Å². The first-order valence-electron chi connectivity index (χ1n) is 6.49. The minimum atomic E-state index is -0.851. The highest BCUT2D eigenvalue weighted by atomic mass is 19.2. The van der Waals surface area contributed by atoms with E-state index in [1.54, 1.807) is 0 Å². The number of benzene rings is 2. The Morgan fingerprint density at radius 3 is 2.30 bits per heavy atom. The molecule has 1 N–H and O–H groups in total. The Hall–Kier alpha value is -2.10. The summed E-state index contributed by atoms with van der Waals surface area (Å²) in [5, 5.41) is 3.04. The molecule has 0 unspecified atom stereocenters. The molecular weight excluding hydrogens is 260 g/mol. The number of hydrogen-bond donors (Lipinski definition) is 1. The largest absolute Gasteiger partial charge is 0.491 e. The lowest BCUT2D eigenvalue weighted by atomic mass is 10.2. The fourth-order valence-electron chi connectivity index (χ4n) is 1.77. The highest BCUT2D eigenvalue weighted by molar-refractivity contribution is 5.44. The van der Waals surface area contributed by atoms with Crippen LogP contribution < -0.4 is 10.1 Å². The SMILES string of the molecule is CC(C)Oc1ccc(CNc2ccc(F)c(F)c2)cc1. The lowest BCUT2D eigenvalue weighted by Gasteiger charge is -2.11. The molecule has 2 rings (SSSR count). The van der Waals surface area contributed by atoms with Gasteiger partial charge in [-0.3, -0.25) is 0 Å². The fourth-order valence-corrected chi connectivity index (χ4v) is 1.77. The fraction of sp³-hybridized carbons (Fsp3) is 0.250. The summed E-state index contributed by atoms with van der Waals surface area (Å²) in [6.07, 6.45) is 0.140. The molecule has 0 bridgehead atoms. The first-order chi connectivity index (χ1) is 9.54. The van der Waals surface area contributed by atoms with Crippen LogP contribution in [0, 0.1) is 11.6 Å². The van der Waals surface area contributed by atoms with Crippen LogP contribution in [0.25, 0.3) is 0 Å². The zero-order chi connectivity index (χ0) is 14.5. The molecule has 106 valence electrons. The number of anilines is 1. The molecule has 0 amide bonds. The van der Waals surface area contributed by atoms with Crippen molar-refractivity contribution >= 4 is 5.69 Å². The second kappa shape index (κ2) is 6.37. The van der Waals surface area contributed by atoms with E-state index in [1.165, 1.54) is 6.07 Å². The maximum atomic E-state index is 13.0. The van der Waals surface area contributed by atoms with Gasteiger partial charge in [0.05, 0.1) is 6.10 Å². The van der Waals surface area contributed by atoms with E-state index in [4.69, 9.17) is 4.74 Å². The highest BCUT2D eigenvalue weighted by Gasteiger charge is 2.02.